The number of benzene rings is 1. The van der Waals surface area contributed by atoms with E-state index in [1.165, 1.54) is 5.56 Å². The molecule has 0 aromatic heterocycles. The fourth-order valence-corrected chi connectivity index (χ4v) is 2.91. The molecule has 1 saturated heterocycles. The first-order valence-corrected chi connectivity index (χ1v) is 8.20. The van der Waals surface area contributed by atoms with Gasteiger partial charge in [-0.25, -0.2) is 4.79 Å². The zero-order chi connectivity index (χ0) is 16.2. The fourth-order valence-electron chi connectivity index (χ4n) is 2.91. The van der Waals surface area contributed by atoms with Crippen LogP contribution < -0.4 is 0 Å². The number of morpholine rings is 1. The van der Waals surface area contributed by atoms with Crippen LogP contribution in [0.25, 0.3) is 0 Å². The first-order valence-electron chi connectivity index (χ1n) is 8.20. The first kappa shape index (κ1) is 16.8. The third kappa shape index (κ3) is 3.80. The van der Waals surface area contributed by atoms with E-state index in [4.69, 9.17) is 4.74 Å². The second-order valence-electron chi connectivity index (χ2n) is 6.50. The van der Waals surface area contributed by atoms with Crippen molar-refractivity contribution in [3.05, 3.63) is 35.9 Å². The summed E-state index contributed by atoms with van der Waals surface area (Å²) in [4.78, 5) is 16.6. The van der Waals surface area contributed by atoms with Crippen molar-refractivity contribution in [3.8, 4) is 0 Å². The van der Waals surface area contributed by atoms with Crippen molar-refractivity contribution >= 4 is 6.03 Å². The standard InChI is InChI=1S/C18H28N2O2/c1-5-19(6-2)17(21)20-13-16(22-14-18(20,3)4)12-15-10-8-7-9-11-15/h7-11,16H,5-6,12-14H2,1-4H3. The third-order valence-corrected chi connectivity index (χ3v) is 4.36. The van der Waals surface area contributed by atoms with Gasteiger partial charge in [-0.15, -0.1) is 0 Å². The predicted molar refractivity (Wildman–Crippen MR) is 89.0 cm³/mol. The van der Waals surface area contributed by atoms with Gasteiger partial charge in [0.2, 0.25) is 0 Å². The lowest BCUT2D eigenvalue weighted by atomic mass is 9.98. The van der Waals surface area contributed by atoms with Gasteiger partial charge >= 0.3 is 6.03 Å². The topological polar surface area (TPSA) is 32.8 Å². The van der Waals surface area contributed by atoms with E-state index in [0.717, 1.165) is 19.5 Å². The quantitative estimate of drug-likeness (QED) is 0.856. The number of nitrogens with zero attached hydrogens (tertiary/aromatic N) is 2. The van der Waals surface area contributed by atoms with Gasteiger partial charge in [-0.3, -0.25) is 0 Å². The number of hydrogen-bond acceptors (Lipinski definition) is 2. The number of urea groups is 1. The Morgan fingerprint density at radius 2 is 1.91 bits per heavy atom. The Balaban J connectivity index is 2.08. The lowest BCUT2D eigenvalue weighted by Gasteiger charge is -2.46. The molecule has 122 valence electrons. The molecule has 0 N–H and O–H groups in total. The lowest BCUT2D eigenvalue weighted by molar-refractivity contribution is -0.0822. The number of amides is 2. The number of carbonyl (C=O) groups is 1. The highest BCUT2D eigenvalue weighted by Gasteiger charge is 2.39. The average molecular weight is 304 g/mol. The smallest absolute Gasteiger partial charge is 0.320 e. The van der Waals surface area contributed by atoms with Gasteiger partial charge in [0.15, 0.2) is 0 Å². The monoisotopic (exact) mass is 304 g/mol. The Hall–Kier alpha value is -1.55. The average Bonchev–Trinajstić information content (AvgIpc) is 2.51. The number of ether oxygens (including phenoxy) is 1. The summed E-state index contributed by atoms with van der Waals surface area (Å²) in [5, 5.41) is 0. The van der Waals surface area contributed by atoms with E-state index in [9.17, 15) is 4.79 Å². The molecule has 2 rings (SSSR count). The predicted octanol–water partition coefficient (Wildman–Crippen LogP) is 3.17. The molecular formula is C18H28N2O2. The van der Waals surface area contributed by atoms with Crippen LogP contribution in [-0.4, -0.2) is 53.7 Å². The SMILES string of the molecule is CCN(CC)C(=O)N1CC(Cc2ccccc2)OCC1(C)C. The van der Waals surface area contributed by atoms with E-state index in [-0.39, 0.29) is 17.7 Å². The van der Waals surface area contributed by atoms with E-state index in [1.54, 1.807) is 0 Å². The molecule has 4 nitrogen and oxygen atoms in total. The Labute approximate surface area is 134 Å². The number of hydrogen-bond donors (Lipinski definition) is 0. The van der Waals surface area contributed by atoms with Crippen LogP contribution in [0.1, 0.15) is 33.3 Å². The third-order valence-electron chi connectivity index (χ3n) is 4.36. The van der Waals surface area contributed by atoms with Crippen molar-refractivity contribution in [1.82, 2.24) is 9.80 Å². The molecule has 4 heteroatoms. The van der Waals surface area contributed by atoms with Gasteiger partial charge in [-0.1, -0.05) is 30.3 Å². The van der Waals surface area contributed by atoms with Gasteiger partial charge in [0.1, 0.15) is 0 Å². The fraction of sp³-hybridized carbons (Fsp3) is 0.611. The maximum absolute atomic E-state index is 12.8. The highest BCUT2D eigenvalue weighted by Crippen LogP contribution is 2.25. The summed E-state index contributed by atoms with van der Waals surface area (Å²) in [6.45, 7) is 10.9. The molecule has 1 unspecified atom stereocenters. The zero-order valence-electron chi connectivity index (χ0n) is 14.2. The number of carbonyl (C=O) groups excluding carboxylic acids is 1. The summed E-state index contributed by atoms with van der Waals surface area (Å²) in [5.41, 5.74) is 0.995. The molecule has 0 bridgehead atoms. The second-order valence-corrected chi connectivity index (χ2v) is 6.50. The summed E-state index contributed by atoms with van der Waals surface area (Å²) in [6, 6.07) is 10.4. The lowest BCUT2D eigenvalue weighted by Crippen LogP contribution is -2.61. The van der Waals surface area contributed by atoms with E-state index < -0.39 is 0 Å². The highest BCUT2D eigenvalue weighted by molar-refractivity contribution is 5.75. The molecule has 1 atom stereocenters. The Kier molecular flexibility index (Phi) is 5.46. The molecule has 0 saturated carbocycles. The summed E-state index contributed by atoms with van der Waals surface area (Å²) >= 11 is 0. The normalized spacial score (nSPS) is 20.7. The molecule has 1 aromatic rings. The zero-order valence-corrected chi connectivity index (χ0v) is 14.2. The minimum Gasteiger partial charge on any atom is -0.374 e. The Morgan fingerprint density at radius 3 is 2.50 bits per heavy atom. The van der Waals surface area contributed by atoms with E-state index in [1.807, 2.05) is 41.8 Å². The van der Waals surface area contributed by atoms with Crippen molar-refractivity contribution in [2.75, 3.05) is 26.2 Å². The molecule has 0 radical (unpaired) electrons. The molecule has 1 fully saturated rings. The van der Waals surface area contributed by atoms with E-state index in [0.29, 0.717) is 13.2 Å². The van der Waals surface area contributed by atoms with E-state index >= 15 is 0 Å². The molecular weight excluding hydrogens is 276 g/mol. The van der Waals surface area contributed by atoms with Crippen molar-refractivity contribution in [2.24, 2.45) is 0 Å². The summed E-state index contributed by atoms with van der Waals surface area (Å²) in [5.74, 6) is 0. The minimum absolute atomic E-state index is 0.0648. The first-order chi connectivity index (χ1) is 10.5. The van der Waals surface area contributed by atoms with Crippen molar-refractivity contribution in [2.45, 2.75) is 45.8 Å². The summed E-state index contributed by atoms with van der Waals surface area (Å²) in [7, 11) is 0. The molecule has 1 heterocycles. The molecule has 2 amide bonds. The largest absolute Gasteiger partial charge is 0.374 e. The van der Waals surface area contributed by atoms with Crippen LogP contribution in [0.5, 0.6) is 0 Å². The van der Waals surface area contributed by atoms with Crippen LogP contribution in [0, 0.1) is 0 Å². The molecule has 1 aliphatic rings. The van der Waals surface area contributed by atoms with Gasteiger partial charge in [0.05, 0.1) is 18.2 Å². The van der Waals surface area contributed by atoms with Crippen LogP contribution in [0.2, 0.25) is 0 Å². The molecule has 1 aliphatic heterocycles. The summed E-state index contributed by atoms with van der Waals surface area (Å²) < 4.78 is 6.01. The van der Waals surface area contributed by atoms with Crippen molar-refractivity contribution in [1.29, 1.82) is 0 Å². The molecule has 1 aromatic carbocycles. The van der Waals surface area contributed by atoms with Crippen LogP contribution in [0.3, 0.4) is 0 Å². The molecule has 0 aliphatic carbocycles. The van der Waals surface area contributed by atoms with E-state index in [2.05, 4.69) is 26.0 Å². The van der Waals surface area contributed by atoms with Crippen molar-refractivity contribution in [3.63, 3.8) is 0 Å². The van der Waals surface area contributed by atoms with Crippen LogP contribution >= 0.6 is 0 Å². The molecule has 22 heavy (non-hydrogen) atoms. The maximum atomic E-state index is 12.8. The van der Waals surface area contributed by atoms with Gasteiger partial charge < -0.3 is 14.5 Å². The van der Waals surface area contributed by atoms with Crippen LogP contribution in [0.4, 0.5) is 4.79 Å². The Morgan fingerprint density at radius 1 is 1.27 bits per heavy atom. The maximum Gasteiger partial charge on any atom is 0.320 e. The van der Waals surface area contributed by atoms with Gasteiger partial charge in [0, 0.05) is 26.1 Å². The second kappa shape index (κ2) is 7.14. The van der Waals surface area contributed by atoms with Crippen LogP contribution in [-0.2, 0) is 11.2 Å². The highest BCUT2D eigenvalue weighted by atomic mass is 16.5. The summed E-state index contributed by atoms with van der Waals surface area (Å²) in [6.07, 6.45) is 0.911. The van der Waals surface area contributed by atoms with Crippen LogP contribution in [0.15, 0.2) is 30.3 Å². The van der Waals surface area contributed by atoms with Gasteiger partial charge in [0.25, 0.3) is 0 Å². The minimum atomic E-state index is -0.257. The number of rotatable bonds is 4. The Bertz CT molecular complexity index is 483. The van der Waals surface area contributed by atoms with Gasteiger partial charge in [-0.05, 0) is 33.3 Å². The molecule has 0 spiro atoms. The van der Waals surface area contributed by atoms with Crippen molar-refractivity contribution < 1.29 is 9.53 Å². The van der Waals surface area contributed by atoms with Gasteiger partial charge in [-0.2, -0.15) is 0 Å².